The highest BCUT2D eigenvalue weighted by atomic mass is 16.2. The maximum Gasteiger partial charge on any atom is 0.254 e. The molecule has 0 radical (unpaired) electrons. The molecule has 0 N–H and O–H groups in total. The number of anilines is 1. The van der Waals surface area contributed by atoms with Crippen LogP contribution in [0.2, 0.25) is 0 Å². The molecular weight excluding hydrogens is 394 g/mol. The van der Waals surface area contributed by atoms with Gasteiger partial charge in [-0.3, -0.25) is 14.2 Å². The van der Waals surface area contributed by atoms with E-state index < -0.39 is 0 Å². The van der Waals surface area contributed by atoms with E-state index in [4.69, 9.17) is 0 Å². The smallest absolute Gasteiger partial charge is 0.254 e. The minimum atomic E-state index is -0.155. The van der Waals surface area contributed by atoms with Crippen LogP contribution in [-0.2, 0) is 11.3 Å². The Labute approximate surface area is 180 Å². The SMILES string of the molecule is Cc1nc(N2CCN(C(=O)Cn3cnc(C4CC4)cc3=O)CC2)cc(-n2cccc2)n1. The minimum Gasteiger partial charge on any atom is -0.353 e. The number of rotatable bonds is 5. The third-order valence-corrected chi connectivity index (χ3v) is 5.84. The zero-order chi connectivity index (χ0) is 21.4. The molecule has 1 aliphatic carbocycles. The van der Waals surface area contributed by atoms with Crippen LogP contribution in [0.1, 0.15) is 30.3 Å². The van der Waals surface area contributed by atoms with Gasteiger partial charge in [-0.05, 0) is 31.9 Å². The summed E-state index contributed by atoms with van der Waals surface area (Å²) in [5.74, 6) is 2.76. The maximum atomic E-state index is 12.7. The first-order valence-corrected chi connectivity index (χ1v) is 10.6. The van der Waals surface area contributed by atoms with Gasteiger partial charge in [0.1, 0.15) is 24.0 Å². The molecule has 1 amide bonds. The average Bonchev–Trinajstić information content (AvgIpc) is 3.48. The highest BCUT2D eigenvalue weighted by molar-refractivity contribution is 5.76. The standard InChI is InChI=1S/C22H25N7O2/c1-16-24-19(26-6-2-3-7-26)13-20(25-16)27-8-10-28(11-9-27)22(31)14-29-15-23-18(12-21(29)30)17-4-5-17/h2-3,6-7,12-13,15,17H,4-5,8-11,14H2,1H3. The summed E-state index contributed by atoms with van der Waals surface area (Å²) in [6.07, 6.45) is 7.61. The van der Waals surface area contributed by atoms with Crippen molar-refractivity contribution in [2.45, 2.75) is 32.2 Å². The van der Waals surface area contributed by atoms with Crippen LogP contribution < -0.4 is 10.5 Å². The monoisotopic (exact) mass is 419 g/mol. The Morgan fingerprint density at radius 3 is 2.42 bits per heavy atom. The second kappa shape index (κ2) is 7.98. The van der Waals surface area contributed by atoms with Crippen molar-refractivity contribution in [2.75, 3.05) is 31.1 Å². The van der Waals surface area contributed by atoms with Gasteiger partial charge in [0.25, 0.3) is 5.56 Å². The molecule has 1 saturated carbocycles. The van der Waals surface area contributed by atoms with Crippen molar-refractivity contribution >= 4 is 11.7 Å². The van der Waals surface area contributed by atoms with E-state index in [1.54, 1.807) is 11.0 Å². The van der Waals surface area contributed by atoms with E-state index in [1.807, 2.05) is 42.1 Å². The summed E-state index contributed by atoms with van der Waals surface area (Å²) in [6, 6.07) is 7.46. The summed E-state index contributed by atoms with van der Waals surface area (Å²) in [5, 5.41) is 0. The summed E-state index contributed by atoms with van der Waals surface area (Å²) < 4.78 is 3.36. The van der Waals surface area contributed by atoms with Crippen molar-refractivity contribution < 1.29 is 4.79 Å². The van der Waals surface area contributed by atoms with E-state index in [0.717, 1.165) is 30.2 Å². The van der Waals surface area contributed by atoms with Crippen LogP contribution in [0, 0.1) is 6.92 Å². The molecule has 1 saturated heterocycles. The maximum absolute atomic E-state index is 12.7. The van der Waals surface area contributed by atoms with Crippen molar-refractivity contribution in [3.05, 3.63) is 64.9 Å². The lowest BCUT2D eigenvalue weighted by Crippen LogP contribution is -2.50. The average molecular weight is 419 g/mol. The van der Waals surface area contributed by atoms with Crippen molar-refractivity contribution in [3.8, 4) is 5.82 Å². The quantitative estimate of drug-likeness (QED) is 0.620. The lowest BCUT2D eigenvalue weighted by Gasteiger charge is -2.35. The van der Waals surface area contributed by atoms with Gasteiger partial charge in [-0.15, -0.1) is 0 Å². The van der Waals surface area contributed by atoms with Gasteiger partial charge in [0.05, 0.1) is 12.0 Å². The lowest BCUT2D eigenvalue weighted by molar-refractivity contribution is -0.132. The summed E-state index contributed by atoms with van der Waals surface area (Å²) >= 11 is 0. The first-order chi connectivity index (χ1) is 15.1. The van der Waals surface area contributed by atoms with Crippen molar-refractivity contribution in [1.29, 1.82) is 0 Å². The Kier molecular flexibility index (Phi) is 5.01. The van der Waals surface area contributed by atoms with Crippen LogP contribution in [0.15, 0.2) is 47.8 Å². The lowest BCUT2D eigenvalue weighted by atomic mass is 10.3. The molecule has 0 unspecified atom stereocenters. The molecule has 2 fully saturated rings. The summed E-state index contributed by atoms with van der Waals surface area (Å²) in [4.78, 5) is 42.5. The molecule has 9 nitrogen and oxygen atoms in total. The molecule has 0 spiro atoms. The predicted molar refractivity (Wildman–Crippen MR) is 115 cm³/mol. The molecule has 9 heteroatoms. The number of nitrogens with zero attached hydrogens (tertiary/aromatic N) is 7. The Balaban J connectivity index is 1.22. The van der Waals surface area contributed by atoms with Crippen molar-refractivity contribution in [3.63, 3.8) is 0 Å². The van der Waals surface area contributed by atoms with Gasteiger partial charge in [0.2, 0.25) is 5.91 Å². The van der Waals surface area contributed by atoms with Gasteiger partial charge in [-0.2, -0.15) is 0 Å². The molecule has 0 aromatic carbocycles. The highest BCUT2D eigenvalue weighted by Gasteiger charge is 2.26. The second-order valence-electron chi connectivity index (χ2n) is 8.14. The fourth-order valence-corrected chi connectivity index (χ4v) is 3.91. The van der Waals surface area contributed by atoms with Gasteiger partial charge in [-0.1, -0.05) is 0 Å². The van der Waals surface area contributed by atoms with E-state index in [0.29, 0.717) is 37.9 Å². The summed E-state index contributed by atoms with van der Waals surface area (Å²) in [5.41, 5.74) is 0.694. The normalized spacial score (nSPS) is 16.5. The third kappa shape index (κ3) is 4.21. The first kappa shape index (κ1) is 19.5. The third-order valence-electron chi connectivity index (χ3n) is 5.84. The summed E-state index contributed by atoms with van der Waals surface area (Å²) in [6.45, 7) is 4.45. The topological polar surface area (TPSA) is 89.2 Å². The van der Waals surface area contributed by atoms with Gasteiger partial charge >= 0.3 is 0 Å². The molecular formula is C22H25N7O2. The number of hydrogen-bond acceptors (Lipinski definition) is 6. The first-order valence-electron chi connectivity index (χ1n) is 10.6. The van der Waals surface area contributed by atoms with Crippen LogP contribution in [0.4, 0.5) is 5.82 Å². The van der Waals surface area contributed by atoms with Gasteiger partial charge in [0, 0.05) is 56.6 Å². The minimum absolute atomic E-state index is 0.0289. The van der Waals surface area contributed by atoms with E-state index in [1.165, 1.54) is 10.9 Å². The fourth-order valence-electron chi connectivity index (χ4n) is 3.91. The molecule has 31 heavy (non-hydrogen) atoms. The number of piperazine rings is 1. The molecule has 4 heterocycles. The molecule has 0 bridgehead atoms. The predicted octanol–water partition coefficient (Wildman–Crippen LogP) is 1.36. The zero-order valence-electron chi connectivity index (χ0n) is 17.5. The van der Waals surface area contributed by atoms with Crippen molar-refractivity contribution in [1.82, 2.24) is 29.0 Å². The van der Waals surface area contributed by atoms with Crippen LogP contribution in [0.3, 0.4) is 0 Å². The Hall–Kier alpha value is -3.49. The number of carbonyl (C=O) groups is 1. The number of carbonyl (C=O) groups excluding carboxylic acids is 1. The number of hydrogen-bond donors (Lipinski definition) is 0. The van der Waals surface area contributed by atoms with Crippen molar-refractivity contribution in [2.24, 2.45) is 0 Å². The zero-order valence-corrected chi connectivity index (χ0v) is 17.5. The summed E-state index contributed by atoms with van der Waals surface area (Å²) in [7, 11) is 0. The van der Waals surface area contributed by atoms with E-state index >= 15 is 0 Å². The second-order valence-corrected chi connectivity index (χ2v) is 8.14. The molecule has 3 aromatic rings. The molecule has 1 aliphatic heterocycles. The molecule has 2 aliphatic rings. The number of amides is 1. The Morgan fingerprint density at radius 2 is 1.74 bits per heavy atom. The Bertz CT molecular complexity index is 1140. The molecule has 3 aromatic heterocycles. The molecule has 160 valence electrons. The van der Waals surface area contributed by atoms with Crippen LogP contribution in [0.5, 0.6) is 0 Å². The van der Waals surface area contributed by atoms with Gasteiger partial charge in [0.15, 0.2) is 0 Å². The Morgan fingerprint density at radius 1 is 1.03 bits per heavy atom. The largest absolute Gasteiger partial charge is 0.353 e. The van der Waals surface area contributed by atoms with E-state index in [2.05, 4.69) is 19.9 Å². The van der Waals surface area contributed by atoms with E-state index in [-0.39, 0.29) is 18.0 Å². The molecule has 5 rings (SSSR count). The fraction of sp³-hybridized carbons (Fsp3) is 0.409. The van der Waals surface area contributed by atoms with Crippen LogP contribution in [-0.4, -0.2) is 61.1 Å². The highest BCUT2D eigenvalue weighted by Crippen LogP contribution is 2.38. The van der Waals surface area contributed by atoms with Crippen LogP contribution in [0.25, 0.3) is 5.82 Å². The van der Waals surface area contributed by atoms with Gasteiger partial charge in [-0.25, -0.2) is 15.0 Å². The number of aryl methyl sites for hydroxylation is 1. The molecule has 0 atom stereocenters. The van der Waals surface area contributed by atoms with Gasteiger partial charge < -0.3 is 14.4 Å². The van der Waals surface area contributed by atoms with E-state index in [9.17, 15) is 9.59 Å². The number of aromatic nitrogens is 5. The van der Waals surface area contributed by atoms with Crippen LogP contribution >= 0.6 is 0 Å².